The van der Waals surface area contributed by atoms with Gasteiger partial charge in [-0.05, 0) is 270 Å². The monoisotopic (exact) mass is 1200 g/mol. The SMILES string of the molecule is CC(C)(C)C1CC2CC[C@@H]3CC(C4CCC5C(C4)B4C6C(CC(C(C)(C)C)CC6N(C6CCCCC6)C6CC7[C@@H](C[C@H]46)B4C6C(C[C@H](C(C)(C)C)CC6N(C6CCCCC6)[C@@H]6CCCCC46)N7C4CCCCC4)N5C4CCCCC4)C[C@@H]4CCC(C1)C2C34. The molecule has 4 nitrogen and oxygen atoms in total. The predicted molar refractivity (Wildman–Crippen MR) is 373 cm³/mol. The fraction of sp³-hybridized carbons (Fsp3) is 1.00. The highest BCUT2D eigenvalue weighted by Crippen LogP contribution is 2.72. The van der Waals surface area contributed by atoms with Crippen LogP contribution in [-0.4, -0.2) is 106 Å². The first-order chi connectivity index (χ1) is 42.5. The average molecular weight is 1200 g/mol. The van der Waals surface area contributed by atoms with Crippen LogP contribution in [0.1, 0.15) is 326 Å². The topological polar surface area (TPSA) is 13.0 Å². The van der Waals surface area contributed by atoms with Crippen LogP contribution in [0.3, 0.4) is 0 Å². The van der Waals surface area contributed by atoms with Gasteiger partial charge in [0.1, 0.15) is 0 Å². The molecule has 17 aliphatic rings. The van der Waals surface area contributed by atoms with E-state index >= 15 is 0 Å². The smallest absolute Gasteiger partial charge is 0.156 e. The fourth-order valence-electron chi connectivity index (χ4n) is 31.3. The van der Waals surface area contributed by atoms with Crippen molar-refractivity contribution in [3.05, 3.63) is 0 Å². The lowest BCUT2D eigenvalue weighted by molar-refractivity contribution is -0.119. The summed E-state index contributed by atoms with van der Waals surface area (Å²) in [6, 6.07) is 10.2. The first kappa shape index (κ1) is 61.6. The first-order valence-electron chi connectivity index (χ1n) is 41.6. The van der Waals surface area contributed by atoms with E-state index in [1.807, 2.05) is 0 Å². The summed E-state index contributed by atoms with van der Waals surface area (Å²) in [5.74, 6) is 16.8. The minimum atomic E-state index is 0.378. The minimum Gasteiger partial charge on any atom is -0.295 e. The van der Waals surface area contributed by atoms with E-state index in [9.17, 15) is 0 Å². The maximum Gasteiger partial charge on any atom is 0.156 e. The Balaban J connectivity index is 0.781. The molecule has 4 saturated heterocycles. The van der Waals surface area contributed by atoms with Crippen LogP contribution in [0.15, 0.2) is 0 Å². The van der Waals surface area contributed by atoms with Gasteiger partial charge in [0.2, 0.25) is 0 Å². The third kappa shape index (κ3) is 10.4. The molecule has 25 atom stereocenters. The fourth-order valence-corrected chi connectivity index (χ4v) is 31.3. The molecule has 0 amide bonds. The molecular formula is C82H138B2N4. The predicted octanol–water partition coefficient (Wildman–Crippen LogP) is 21.0. The summed E-state index contributed by atoms with van der Waals surface area (Å²) < 4.78 is 0. The summed E-state index contributed by atoms with van der Waals surface area (Å²) >= 11 is 0. The molecule has 0 aromatic heterocycles. The molecule has 4 aliphatic heterocycles. The van der Waals surface area contributed by atoms with E-state index in [4.69, 9.17) is 0 Å². The Morgan fingerprint density at radius 3 is 0.955 bits per heavy atom. The quantitative estimate of drug-likeness (QED) is 0.254. The second-order valence-corrected chi connectivity index (χ2v) is 41.0. The number of hydrogen-bond acceptors (Lipinski definition) is 4. The highest BCUT2D eigenvalue weighted by atomic mass is 15.3. The van der Waals surface area contributed by atoms with Crippen molar-refractivity contribution in [2.75, 3.05) is 0 Å². The number of nitrogens with zero attached hydrogens (tertiary/aromatic N) is 4. The van der Waals surface area contributed by atoms with Crippen LogP contribution >= 0.6 is 0 Å². The molecule has 19 unspecified atom stereocenters. The summed E-state index contributed by atoms with van der Waals surface area (Å²) in [7, 11) is 0. The van der Waals surface area contributed by atoms with Gasteiger partial charge in [0.25, 0.3) is 0 Å². The van der Waals surface area contributed by atoms with Gasteiger partial charge in [0.15, 0.2) is 13.4 Å². The molecule has 4 heterocycles. The molecular weight excluding hydrogens is 1060 g/mol. The second kappa shape index (κ2) is 23.9. The maximum absolute atomic E-state index is 3.69. The highest BCUT2D eigenvalue weighted by Gasteiger charge is 2.72. The molecule has 0 aromatic carbocycles. The van der Waals surface area contributed by atoms with Crippen LogP contribution in [0.2, 0.25) is 34.9 Å². The zero-order valence-electron chi connectivity index (χ0n) is 59.2. The first-order valence-corrected chi connectivity index (χ1v) is 41.6. The maximum atomic E-state index is 3.69. The Hall–Kier alpha value is -0.0301. The molecule has 0 spiro atoms. The van der Waals surface area contributed by atoms with Gasteiger partial charge in [-0.15, -0.1) is 0 Å². The Morgan fingerprint density at radius 2 is 0.545 bits per heavy atom. The summed E-state index contributed by atoms with van der Waals surface area (Å²) in [5, 5.41) is 0. The Bertz CT molecular complexity index is 2370. The van der Waals surface area contributed by atoms with E-state index in [-0.39, 0.29) is 0 Å². The van der Waals surface area contributed by atoms with Gasteiger partial charge in [-0.3, -0.25) is 19.6 Å². The zero-order valence-corrected chi connectivity index (χ0v) is 59.2. The molecule has 88 heavy (non-hydrogen) atoms. The van der Waals surface area contributed by atoms with Crippen LogP contribution in [0.25, 0.3) is 0 Å². The van der Waals surface area contributed by atoms with Crippen LogP contribution in [0.4, 0.5) is 0 Å². The summed E-state index contributed by atoms with van der Waals surface area (Å²) in [6.45, 7) is 26.2. The lowest BCUT2D eigenvalue weighted by Gasteiger charge is -2.74. The van der Waals surface area contributed by atoms with Crippen LogP contribution in [0, 0.1) is 81.3 Å². The van der Waals surface area contributed by atoms with Crippen molar-refractivity contribution in [2.45, 2.75) is 433 Å². The molecule has 0 radical (unpaired) electrons. The van der Waals surface area contributed by atoms with E-state index in [2.05, 4.69) is 81.9 Å². The second-order valence-electron chi connectivity index (χ2n) is 41.0. The normalized spacial score (nSPS) is 49.5. The number of hydrogen-bond donors (Lipinski definition) is 0. The summed E-state index contributed by atoms with van der Waals surface area (Å²) in [6.07, 6.45) is 63.6. The van der Waals surface area contributed by atoms with Gasteiger partial charge in [-0.1, -0.05) is 171 Å². The van der Waals surface area contributed by atoms with Crippen molar-refractivity contribution >= 4 is 13.4 Å². The molecule has 17 fully saturated rings. The van der Waals surface area contributed by atoms with Crippen molar-refractivity contribution in [3.8, 4) is 0 Å². The lowest BCUT2D eigenvalue weighted by atomic mass is 9.13. The van der Waals surface area contributed by atoms with E-state index < -0.39 is 0 Å². The molecule has 17 rings (SSSR count). The lowest BCUT2D eigenvalue weighted by Crippen LogP contribution is -2.78. The molecule has 0 bridgehead atoms. The van der Waals surface area contributed by atoms with Crippen LogP contribution in [0.5, 0.6) is 0 Å². The van der Waals surface area contributed by atoms with Gasteiger partial charge >= 0.3 is 0 Å². The van der Waals surface area contributed by atoms with Gasteiger partial charge in [-0.25, -0.2) is 0 Å². The molecule has 13 saturated carbocycles. The highest BCUT2D eigenvalue weighted by molar-refractivity contribution is 6.67. The molecule has 6 heteroatoms. The molecule has 13 aliphatic carbocycles. The average Bonchev–Trinajstić information content (AvgIpc) is 0.720. The molecule has 0 N–H and O–H groups in total. The largest absolute Gasteiger partial charge is 0.295 e. The van der Waals surface area contributed by atoms with E-state index in [1.165, 1.54) is 154 Å². The third-order valence-corrected chi connectivity index (χ3v) is 34.7. The minimum absolute atomic E-state index is 0.378. The van der Waals surface area contributed by atoms with E-state index in [0.717, 1.165) is 186 Å². The van der Waals surface area contributed by atoms with Gasteiger partial charge in [-0.2, -0.15) is 0 Å². The van der Waals surface area contributed by atoms with Crippen LogP contribution in [-0.2, 0) is 0 Å². The van der Waals surface area contributed by atoms with Crippen molar-refractivity contribution in [1.82, 2.24) is 19.6 Å². The van der Waals surface area contributed by atoms with Gasteiger partial charge < -0.3 is 0 Å². The van der Waals surface area contributed by atoms with Crippen molar-refractivity contribution in [2.24, 2.45) is 81.3 Å². The molecule has 492 valence electrons. The Labute approximate surface area is 544 Å². The summed E-state index contributed by atoms with van der Waals surface area (Å²) in [4.78, 5) is 14.5. The van der Waals surface area contributed by atoms with E-state index in [0.29, 0.717) is 16.2 Å². The molecule has 0 aromatic rings. The summed E-state index contributed by atoms with van der Waals surface area (Å²) in [5.41, 5.74) is 1.26. The Morgan fingerprint density at radius 1 is 0.227 bits per heavy atom. The Kier molecular flexibility index (Phi) is 16.7. The van der Waals surface area contributed by atoms with Crippen LogP contribution < -0.4 is 0 Å². The van der Waals surface area contributed by atoms with Crippen molar-refractivity contribution in [3.63, 3.8) is 0 Å². The standard InChI is InChI=1S/C82H138B2N4/c1-80(2,3)57-42-54-36-34-52-40-56(41-53-35-37-55(43-57)77(54)76(52)53)51-38-39-69-65(44-51)84-67-49-66-70(50-71(67)88(63-30-20-13-21-31-63)75-48-59(82(7,8)9)46-73(79(75)84)86(69)61-26-16-11-17-27-61)87(62-28-18-12-19-29-62)74-47-58(81(4,5)6)45-72-78(74)83(66)64-32-22-23-33-68(64)85(72)60-24-14-10-15-25-60/h51-79H,10-50H2,1-9H3/t51?,52-,53+,54?,55?,56?,57?,58-,59?,64?,65?,66-,67+,68-,69?,70?,71?,72?,73?,74?,75?,76?,77?,78?,79?/m1/s1. The van der Waals surface area contributed by atoms with Gasteiger partial charge in [0.05, 0.1) is 0 Å². The number of rotatable bonds is 5. The third-order valence-electron chi connectivity index (χ3n) is 34.7. The zero-order chi connectivity index (χ0) is 59.7. The number of fused-ring (bicyclic) bond motifs is 8. The van der Waals surface area contributed by atoms with Crippen molar-refractivity contribution < 1.29 is 0 Å². The van der Waals surface area contributed by atoms with E-state index in [1.54, 1.807) is 109 Å². The van der Waals surface area contributed by atoms with Gasteiger partial charge in [0, 0.05) is 72.5 Å². The van der Waals surface area contributed by atoms with Crippen molar-refractivity contribution in [1.29, 1.82) is 0 Å².